The van der Waals surface area contributed by atoms with Crippen LogP contribution in [0, 0.1) is 0 Å². The molecule has 1 heterocycles. The van der Waals surface area contributed by atoms with Gasteiger partial charge in [-0.15, -0.1) is 0 Å². The molecule has 0 saturated heterocycles. The Hall–Kier alpha value is -3.54. The lowest BCUT2D eigenvalue weighted by Gasteiger charge is -2.17. The maximum Gasteiger partial charge on any atom is 0.307 e. The predicted molar refractivity (Wildman–Crippen MR) is 124 cm³/mol. The Morgan fingerprint density at radius 1 is 0.938 bits per heavy atom. The molecule has 0 bridgehead atoms. The van der Waals surface area contributed by atoms with E-state index in [-0.39, 0.29) is 12.3 Å². The quantitative estimate of drug-likeness (QED) is 0.502. The molecule has 0 fully saturated rings. The Bertz CT molecular complexity index is 1150. The minimum atomic E-state index is -0.885. The Balaban J connectivity index is 1.82. The lowest BCUT2D eigenvalue weighted by Crippen LogP contribution is -2.23. The lowest BCUT2D eigenvalue weighted by atomic mass is 9.99. The number of benzene rings is 3. The number of ether oxygens (including phenoxy) is 2. The molecule has 0 radical (unpaired) electrons. The zero-order valence-corrected chi connectivity index (χ0v) is 18.4. The van der Waals surface area contributed by atoms with Crippen LogP contribution < -0.4 is 14.4 Å². The van der Waals surface area contributed by atoms with E-state index in [1.54, 1.807) is 29.2 Å². The van der Waals surface area contributed by atoms with Crippen molar-refractivity contribution in [3.63, 3.8) is 0 Å². The third-order valence-electron chi connectivity index (χ3n) is 5.50. The topological polar surface area (TPSA) is 76.1 Å². The predicted octanol–water partition coefficient (Wildman–Crippen LogP) is 5.20. The van der Waals surface area contributed by atoms with Gasteiger partial charge >= 0.3 is 5.97 Å². The molecule has 0 saturated carbocycles. The highest BCUT2D eigenvalue weighted by Crippen LogP contribution is 2.46. The summed E-state index contributed by atoms with van der Waals surface area (Å²) in [5, 5.41) is 10.8. The van der Waals surface area contributed by atoms with Crippen molar-refractivity contribution < 1.29 is 24.2 Å². The number of rotatable bonds is 9. The Kier molecular flexibility index (Phi) is 6.30. The molecule has 32 heavy (non-hydrogen) atoms. The first-order valence-electron chi connectivity index (χ1n) is 11.0. The van der Waals surface area contributed by atoms with Crippen LogP contribution in [0.2, 0.25) is 0 Å². The summed E-state index contributed by atoms with van der Waals surface area (Å²) in [6.07, 6.45) is 1.64. The molecule has 6 heteroatoms. The van der Waals surface area contributed by atoms with Crippen LogP contribution in [0.5, 0.6) is 11.5 Å². The fourth-order valence-electron chi connectivity index (χ4n) is 4.07. The highest BCUT2D eigenvalue weighted by atomic mass is 16.5. The van der Waals surface area contributed by atoms with Crippen molar-refractivity contribution >= 4 is 28.3 Å². The summed E-state index contributed by atoms with van der Waals surface area (Å²) in [4.78, 5) is 26.3. The highest BCUT2D eigenvalue weighted by molar-refractivity contribution is 6.16. The first-order chi connectivity index (χ1) is 15.5. The van der Waals surface area contributed by atoms with E-state index in [2.05, 4.69) is 6.92 Å². The smallest absolute Gasteiger partial charge is 0.307 e. The second-order valence-electron chi connectivity index (χ2n) is 7.88. The maximum atomic E-state index is 13.6. The van der Waals surface area contributed by atoms with Gasteiger partial charge in [-0.3, -0.25) is 9.59 Å². The van der Waals surface area contributed by atoms with Gasteiger partial charge in [-0.25, -0.2) is 0 Å². The van der Waals surface area contributed by atoms with E-state index in [0.29, 0.717) is 42.3 Å². The van der Waals surface area contributed by atoms with Gasteiger partial charge < -0.3 is 19.5 Å². The fourth-order valence-corrected chi connectivity index (χ4v) is 4.07. The van der Waals surface area contributed by atoms with E-state index in [1.807, 2.05) is 31.2 Å². The third kappa shape index (κ3) is 4.00. The van der Waals surface area contributed by atoms with Crippen molar-refractivity contribution in [1.29, 1.82) is 0 Å². The standard InChI is InChI=1S/C26H27NO5/c1-3-13-31-24-19-7-5-6-8-20(19)25(32-14-4-2)23-21(24)16-27(26(23)30)18-11-9-17(10-12-18)15-22(28)29/h5-12H,3-4,13-16H2,1-2H3,(H,28,29). The van der Waals surface area contributed by atoms with Gasteiger partial charge in [0.15, 0.2) is 0 Å². The molecule has 3 aromatic rings. The Morgan fingerprint density at radius 3 is 2.12 bits per heavy atom. The first-order valence-corrected chi connectivity index (χ1v) is 11.0. The second-order valence-corrected chi connectivity index (χ2v) is 7.88. The number of hydrogen-bond acceptors (Lipinski definition) is 4. The first kappa shape index (κ1) is 21.7. The molecule has 0 atom stereocenters. The molecule has 0 spiro atoms. The molecule has 1 amide bonds. The van der Waals surface area contributed by atoms with Crippen LogP contribution in [0.3, 0.4) is 0 Å². The van der Waals surface area contributed by atoms with E-state index < -0.39 is 5.97 Å². The molecule has 1 aliphatic heterocycles. The van der Waals surface area contributed by atoms with Crippen LogP contribution in [0.25, 0.3) is 10.8 Å². The average molecular weight is 434 g/mol. The van der Waals surface area contributed by atoms with Crippen molar-refractivity contribution in [3.05, 3.63) is 65.2 Å². The van der Waals surface area contributed by atoms with Crippen molar-refractivity contribution in [1.82, 2.24) is 0 Å². The monoisotopic (exact) mass is 433 g/mol. The number of amides is 1. The fraction of sp³-hybridized carbons (Fsp3) is 0.308. The van der Waals surface area contributed by atoms with Crippen LogP contribution in [-0.4, -0.2) is 30.2 Å². The molecule has 6 nitrogen and oxygen atoms in total. The van der Waals surface area contributed by atoms with Crippen molar-refractivity contribution in [2.75, 3.05) is 18.1 Å². The van der Waals surface area contributed by atoms with Gasteiger partial charge in [-0.1, -0.05) is 50.2 Å². The summed E-state index contributed by atoms with van der Waals surface area (Å²) in [6.45, 7) is 5.54. The molecule has 4 rings (SSSR count). The van der Waals surface area contributed by atoms with E-state index in [9.17, 15) is 9.59 Å². The minimum Gasteiger partial charge on any atom is -0.493 e. The van der Waals surface area contributed by atoms with E-state index in [1.165, 1.54) is 0 Å². The number of anilines is 1. The van der Waals surface area contributed by atoms with Gasteiger partial charge in [0.05, 0.1) is 31.7 Å². The van der Waals surface area contributed by atoms with Crippen molar-refractivity contribution in [3.8, 4) is 11.5 Å². The summed E-state index contributed by atoms with van der Waals surface area (Å²) in [7, 11) is 0. The number of nitrogens with zero attached hydrogens (tertiary/aromatic N) is 1. The summed E-state index contributed by atoms with van der Waals surface area (Å²) in [5.74, 6) is 0.324. The average Bonchev–Trinajstić information content (AvgIpc) is 3.13. The zero-order chi connectivity index (χ0) is 22.7. The second kappa shape index (κ2) is 9.30. The number of carboxylic acids is 1. The molecule has 3 aromatic carbocycles. The molecular weight excluding hydrogens is 406 g/mol. The number of carbonyl (C=O) groups is 2. The van der Waals surface area contributed by atoms with E-state index >= 15 is 0 Å². The summed E-state index contributed by atoms with van der Waals surface area (Å²) in [5.41, 5.74) is 2.79. The van der Waals surface area contributed by atoms with Crippen LogP contribution in [-0.2, 0) is 17.8 Å². The highest BCUT2D eigenvalue weighted by Gasteiger charge is 2.36. The Labute approximate surface area is 187 Å². The molecule has 0 aliphatic carbocycles. The SMILES string of the molecule is CCCOc1c2c(c(OCCC)c3ccccc13)C(=O)N(c1ccc(CC(=O)O)cc1)C2. The normalized spacial score (nSPS) is 12.8. The van der Waals surface area contributed by atoms with Crippen LogP contribution in [0.15, 0.2) is 48.5 Å². The van der Waals surface area contributed by atoms with Gasteiger partial charge in [-0.05, 0) is 30.5 Å². The minimum absolute atomic E-state index is 0.0517. The van der Waals surface area contributed by atoms with Crippen LogP contribution in [0.1, 0.15) is 48.2 Å². The largest absolute Gasteiger partial charge is 0.493 e. The van der Waals surface area contributed by atoms with Gasteiger partial charge in [0.2, 0.25) is 0 Å². The number of carboxylic acid groups (broad SMARTS) is 1. The molecule has 1 N–H and O–H groups in total. The summed E-state index contributed by atoms with van der Waals surface area (Å²) >= 11 is 0. The van der Waals surface area contributed by atoms with Crippen LogP contribution in [0.4, 0.5) is 5.69 Å². The molecule has 166 valence electrons. The number of carbonyl (C=O) groups excluding carboxylic acids is 1. The van der Waals surface area contributed by atoms with Crippen molar-refractivity contribution in [2.45, 2.75) is 39.7 Å². The molecular formula is C26H27NO5. The maximum absolute atomic E-state index is 13.6. The number of hydrogen-bond donors (Lipinski definition) is 1. The Morgan fingerprint density at radius 2 is 1.53 bits per heavy atom. The molecule has 1 aliphatic rings. The van der Waals surface area contributed by atoms with Gasteiger partial charge in [0, 0.05) is 22.0 Å². The number of aliphatic carboxylic acids is 1. The molecule has 0 aromatic heterocycles. The zero-order valence-electron chi connectivity index (χ0n) is 18.4. The molecule has 0 unspecified atom stereocenters. The van der Waals surface area contributed by atoms with Crippen LogP contribution >= 0.6 is 0 Å². The third-order valence-corrected chi connectivity index (χ3v) is 5.50. The van der Waals surface area contributed by atoms with E-state index in [4.69, 9.17) is 14.6 Å². The van der Waals surface area contributed by atoms with Crippen molar-refractivity contribution in [2.24, 2.45) is 0 Å². The number of fused-ring (bicyclic) bond motifs is 2. The van der Waals surface area contributed by atoms with Gasteiger partial charge in [-0.2, -0.15) is 0 Å². The van der Waals surface area contributed by atoms with Gasteiger partial charge in [0.25, 0.3) is 5.91 Å². The van der Waals surface area contributed by atoms with E-state index in [0.717, 1.165) is 34.9 Å². The van der Waals surface area contributed by atoms with Gasteiger partial charge in [0.1, 0.15) is 11.5 Å². The summed E-state index contributed by atoms with van der Waals surface area (Å²) < 4.78 is 12.3. The lowest BCUT2D eigenvalue weighted by molar-refractivity contribution is -0.136. The summed E-state index contributed by atoms with van der Waals surface area (Å²) in [6, 6.07) is 15.0.